The summed E-state index contributed by atoms with van der Waals surface area (Å²) in [5.41, 5.74) is 17.3. The summed E-state index contributed by atoms with van der Waals surface area (Å²) in [6.45, 7) is 2.76. The molecule has 0 radical (unpaired) electrons. The van der Waals surface area contributed by atoms with E-state index in [2.05, 4.69) is 114 Å². The molecule has 42 heavy (non-hydrogen) atoms. The number of hydrogen-bond donors (Lipinski definition) is 0. The number of rotatable bonds is 2. The van der Waals surface area contributed by atoms with Gasteiger partial charge in [-0.3, -0.25) is 0 Å². The number of allylic oxidation sites excluding steroid dienone is 4. The quantitative estimate of drug-likeness (QED) is 0.233. The van der Waals surface area contributed by atoms with E-state index in [1.807, 2.05) is 0 Å². The van der Waals surface area contributed by atoms with E-state index in [-0.39, 0.29) is 6.71 Å². The number of hydrogen-bond acceptors (Lipinski definition) is 2. The standard InChI is InChI=1S/C39H37BN2/c1-26-32-17-8-7-14-29(32)25-34-39(26)42(30-15-3-2-4-16-30)37-21-11-20-36-38(37)40(34)33-18-9-10-19-35(33)41(36)31-23-22-27-12-5-6-13-28(27)24-31/h2-4,9-11,15-16,18-26,32H,5-8,12-14,17H2,1H3. The predicted octanol–water partition coefficient (Wildman–Crippen LogP) is 8.67. The molecule has 3 aliphatic carbocycles. The molecule has 4 aromatic rings. The highest BCUT2D eigenvalue weighted by Gasteiger charge is 2.47. The topological polar surface area (TPSA) is 6.48 Å². The second-order valence-electron chi connectivity index (χ2n) is 13.1. The van der Waals surface area contributed by atoms with Crippen molar-refractivity contribution in [1.29, 1.82) is 0 Å². The first kappa shape index (κ1) is 24.6. The molecule has 9 rings (SSSR count). The monoisotopic (exact) mass is 544 g/mol. The maximum atomic E-state index is 2.66. The van der Waals surface area contributed by atoms with Crippen molar-refractivity contribution in [3.05, 3.63) is 125 Å². The molecule has 0 N–H and O–H groups in total. The summed E-state index contributed by atoms with van der Waals surface area (Å²) >= 11 is 0. The smallest absolute Gasteiger partial charge is 0.251 e. The molecule has 2 aliphatic heterocycles. The average molecular weight is 545 g/mol. The van der Waals surface area contributed by atoms with Crippen LogP contribution in [-0.4, -0.2) is 6.71 Å². The normalized spacial score (nSPS) is 22.0. The minimum atomic E-state index is 0.245. The second-order valence-corrected chi connectivity index (χ2v) is 13.1. The van der Waals surface area contributed by atoms with Crippen LogP contribution in [0, 0.1) is 11.8 Å². The third kappa shape index (κ3) is 3.52. The summed E-state index contributed by atoms with van der Waals surface area (Å²) < 4.78 is 0. The van der Waals surface area contributed by atoms with Crippen molar-refractivity contribution in [2.45, 2.75) is 58.3 Å². The van der Waals surface area contributed by atoms with Crippen LogP contribution in [0.25, 0.3) is 0 Å². The highest BCUT2D eigenvalue weighted by molar-refractivity contribution is 6.95. The van der Waals surface area contributed by atoms with E-state index in [0.29, 0.717) is 11.8 Å². The summed E-state index contributed by atoms with van der Waals surface area (Å²) in [6.07, 6.45) is 12.9. The predicted molar refractivity (Wildman–Crippen MR) is 178 cm³/mol. The zero-order valence-corrected chi connectivity index (χ0v) is 24.5. The van der Waals surface area contributed by atoms with Crippen molar-refractivity contribution in [2.75, 3.05) is 9.80 Å². The number of nitrogens with zero attached hydrogens (tertiary/aromatic N) is 2. The van der Waals surface area contributed by atoms with Crippen LogP contribution >= 0.6 is 0 Å². The zero-order valence-electron chi connectivity index (χ0n) is 24.5. The largest absolute Gasteiger partial charge is 0.315 e. The summed E-state index contributed by atoms with van der Waals surface area (Å²) in [5, 5.41) is 0. The number of anilines is 5. The lowest BCUT2D eigenvalue weighted by Crippen LogP contribution is -2.57. The van der Waals surface area contributed by atoms with Gasteiger partial charge in [-0.15, -0.1) is 0 Å². The molecule has 2 nitrogen and oxygen atoms in total. The first-order chi connectivity index (χ1) is 20.8. The maximum Gasteiger partial charge on any atom is 0.251 e. The maximum absolute atomic E-state index is 2.66. The molecule has 5 aliphatic rings. The molecular formula is C39H37BN2. The van der Waals surface area contributed by atoms with Crippen molar-refractivity contribution in [3.8, 4) is 0 Å². The third-order valence-electron chi connectivity index (χ3n) is 10.9. The van der Waals surface area contributed by atoms with Crippen molar-refractivity contribution >= 4 is 46.1 Å². The lowest BCUT2D eigenvalue weighted by atomic mass is 9.32. The SMILES string of the molecule is CC1C2=C(C=C3CCCCC31)B1c3ccccc3N(c3ccc4c(c3)CCCC4)c3cccc(c31)N2c1ccccc1. The molecule has 2 heterocycles. The van der Waals surface area contributed by atoms with Crippen LogP contribution in [0.15, 0.2) is 114 Å². The van der Waals surface area contributed by atoms with Gasteiger partial charge in [-0.25, -0.2) is 0 Å². The summed E-state index contributed by atoms with van der Waals surface area (Å²) in [6, 6.07) is 34.7. The van der Waals surface area contributed by atoms with Crippen molar-refractivity contribution in [3.63, 3.8) is 0 Å². The minimum Gasteiger partial charge on any atom is -0.315 e. The Kier molecular flexibility index (Phi) is 5.58. The molecule has 4 aromatic carbocycles. The molecule has 1 saturated carbocycles. The van der Waals surface area contributed by atoms with Crippen LogP contribution in [0.5, 0.6) is 0 Å². The molecule has 0 bridgehead atoms. The third-order valence-corrected chi connectivity index (χ3v) is 10.9. The first-order valence-corrected chi connectivity index (χ1v) is 16.2. The number of para-hydroxylation sites is 2. The van der Waals surface area contributed by atoms with E-state index in [0.717, 1.165) is 0 Å². The van der Waals surface area contributed by atoms with Gasteiger partial charge in [0.05, 0.1) is 0 Å². The summed E-state index contributed by atoms with van der Waals surface area (Å²) in [4.78, 5) is 5.20. The lowest BCUT2D eigenvalue weighted by Gasteiger charge is -2.49. The van der Waals surface area contributed by atoms with E-state index in [4.69, 9.17) is 0 Å². The van der Waals surface area contributed by atoms with Gasteiger partial charge < -0.3 is 9.80 Å². The zero-order chi connectivity index (χ0) is 27.8. The van der Waals surface area contributed by atoms with E-state index >= 15 is 0 Å². The Hall–Kier alpha value is -3.98. The van der Waals surface area contributed by atoms with Crippen LogP contribution < -0.4 is 20.7 Å². The summed E-state index contributed by atoms with van der Waals surface area (Å²) in [7, 11) is 0. The summed E-state index contributed by atoms with van der Waals surface area (Å²) in [5.74, 6) is 1.14. The second kappa shape index (κ2) is 9.53. The minimum absolute atomic E-state index is 0.245. The molecule has 2 atom stereocenters. The molecule has 206 valence electrons. The molecular weight excluding hydrogens is 507 g/mol. The Labute approximate surface area is 250 Å². The fraction of sp³-hybridized carbons (Fsp3) is 0.282. The van der Waals surface area contributed by atoms with Gasteiger partial charge in [-0.2, -0.15) is 0 Å². The fourth-order valence-corrected chi connectivity index (χ4v) is 9.00. The van der Waals surface area contributed by atoms with E-state index in [9.17, 15) is 0 Å². The molecule has 2 unspecified atom stereocenters. The Bertz CT molecular complexity index is 1780. The van der Waals surface area contributed by atoms with Crippen molar-refractivity contribution in [2.24, 2.45) is 11.8 Å². The number of aryl methyl sites for hydroxylation is 2. The van der Waals surface area contributed by atoms with Gasteiger partial charge in [-0.1, -0.05) is 73.5 Å². The fourth-order valence-electron chi connectivity index (χ4n) is 9.00. The highest BCUT2D eigenvalue weighted by Crippen LogP contribution is 2.51. The van der Waals surface area contributed by atoms with Crippen LogP contribution in [0.2, 0.25) is 0 Å². The van der Waals surface area contributed by atoms with Crippen molar-refractivity contribution in [1.82, 2.24) is 0 Å². The number of fused-ring (bicyclic) bond motifs is 5. The van der Waals surface area contributed by atoms with Gasteiger partial charge in [0.25, 0.3) is 6.71 Å². The van der Waals surface area contributed by atoms with E-state index in [1.165, 1.54) is 113 Å². The van der Waals surface area contributed by atoms with Crippen LogP contribution in [0.3, 0.4) is 0 Å². The molecule has 0 saturated heterocycles. The van der Waals surface area contributed by atoms with E-state index in [1.54, 1.807) is 5.57 Å². The van der Waals surface area contributed by atoms with Crippen LogP contribution in [-0.2, 0) is 12.8 Å². The average Bonchev–Trinajstić information content (AvgIpc) is 3.05. The van der Waals surface area contributed by atoms with Crippen molar-refractivity contribution < 1.29 is 0 Å². The Morgan fingerprint density at radius 2 is 1.38 bits per heavy atom. The van der Waals surface area contributed by atoms with Gasteiger partial charge in [0.1, 0.15) is 0 Å². The first-order valence-electron chi connectivity index (χ1n) is 16.2. The Morgan fingerprint density at radius 3 is 2.26 bits per heavy atom. The van der Waals surface area contributed by atoms with Crippen LogP contribution in [0.4, 0.5) is 28.4 Å². The molecule has 0 spiro atoms. The van der Waals surface area contributed by atoms with Gasteiger partial charge >= 0.3 is 0 Å². The Morgan fingerprint density at radius 1 is 0.643 bits per heavy atom. The molecule has 0 aromatic heterocycles. The molecule has 0 amide bonds. The van der Waals surface area contributed by atoms with Crippen LogP contribution in [0.1, 0.15) is 56.6 Å². The van der Waals surface area contributed by atoms with E-state index < -0.39 is 0 Å². The van der Waals surface area contributed by atoms with Gasteiger partial charge in [0, 0.05) is 40.1 Å². The Balaban J connectivity index is 1.33. The highest BCUT2D eigenvalue weighted by atomic mass is 15.2. The molecule has 1 fully saturated rings. The molecule has 3 heteroatoms. The van der Waals surface area contributed by atoms with Gasteiger partial charge in [0.15, 0.2) is 0 Å². The van der Waals surface area contributed by atoms with Gasteiger partial charge in [0.2, 0.25) is 0 Å². The lowest BCUT2D eigenvalue weighted by molar-refractivity contribution is 0.361. The van der Waals surface area contributed by atoms with Gasteiger partial charge in [-0.05, 0) is 121 Å². The number of benzene rings is 4.